The molecule has 1 aliphatic rings. The monoisotopic (exact) mass is 269 g/mol. The van der Waals surface area contributed by atoms with Crippen LogP contribution in [0.1, 0.15) is 18.2 Å². The molecule has 0 spiro atoms. The van der Waals surface area contributed by atoms with Gasteiger partial charge in [0.25, 0.3) is 0 Å². The molecule has 0 saturated carbocycles. The first kappa shape index (κ1) is 13.2. The predicted octanol–water partition coefficient (Wildman–Crippen LogP) is 0.288. The Bertz CT molecular complexity index is 425. The van der Waals surface area contributed by atoms with E-state index in [-0.39, 0.29) is 6.42 Å². The number of morpholine rings is 1. The molecule has 2 heterocycles. The van der Waals surface area contributed by atoms with E-state index in [1.165, 1.54) is 11.3 Å². The summed E-state index contributed by atoms with van der Waals surface area (Å²) in [6.07, 6.45) is -2.30. The van der Waals surface area contributed by atoms with E-state index in [2.05, 4.69) is 9.88 Å². The van der Waals surface area contributed by atoms with Gasteiger partial charge in [-0.15, -0.1) is 11.3 Å². The summed E-state index contributed by atoms with van der Waals surface area (Å²) in [5, 5.41) is 30.4. The van der Waals surface area contributed by atoms with Gasteiger partial charge in [0.05, 0.1) is 37.5 Å². The highest BCUT2D eigenvalue weighted by molar-refractivity contribution is 7.13. The fourth-order valence-electron chi connectivity index (χ4n) is 1.71. The van der Waals surface area contributed by atoms with Crippen LogP contribution in [0.3, 0.4) is 0 Å². The van der Waals surface area contributed by atoms with Crippen molar-refractivity contribution in [2.75, 3.05) is 31.2 Å². The number of anilines is 1. The molecule has 0 radical (unpaired) electrons. The zero-order valence-electron chi connectivity index (χ0n) is 9.82. The van der Waals surface area contributed by atoms with Crippen molar-refractivity contribution in [1.82, 2.24) is 4.98 Å². The van der Waals surface area contributed by atoms with Gasteiger partial charge in [0.15, 0.2) is 5.13 Å². The molecular formula is C11H15N3O3S. The zero-order valence-corrected chi connectivity index (χ0v) is 10.6. The van der Waals surface area contributed by atoms with Crippen LogP contribution >= 0.6 is 11.3 Å². The molecule has 2 rings (SSSR count). The highest BCUT2D eigenvalue weighted by atomic mass is 32.1. The molecule has 0 bridgehead atoms. The van der Waals surface area contributed by atoms with Gasteiger partial charge < -0.3 is 19.8 Å². The van der Waals surface area contributed by atoms with Crippen LogP contribution in [0.4, 0.5) is 5.13 Å². The van der Waals surface area contributed by atoms with E-state index in [4.69, 9.17) is 10.00 Å². The van der Waals surface area contributed by atoms with E-state index in [0.29, 0.717) is 18.9 Å². The molecule has 2 unspecified atom stereocenters. The van der Waals surface area contributed by atoms with Crippen molar-refractivity contribution in [3.63, 3.8) is 0 Å². The molecule has 1 aromatic rings. The Balaban J connectivity index is 2.03. The van der Waals surface area contributed by atoms with Gasteiger partial charge in [0.2, 0.25) is 0 Å². The third-order valence-corrected chi connectivity index (χ3v) is 3.68. The maximum absolute atomic E-state index is 9.83. The predicted molar refractivity (Wildman–Crippen MR) is 66.3 cm³/mol. The number of nitrogens with zero attached hydrogens (tertiary/aromatic N) is 3. The number of rotatable bonds is 4. The molecule has 18 heavy (non-hydrogen) atoms. The van der Waals surface area contributed by atoms with E-state index in [1.807, 2.05) is 6.07 Å². The highest BCUT2D eigenvalue weighted by Gasteiger charge is 2.22. The molecular weight excluding hydrogens is 254 g/mol. The van der Waals surface area contributed by atoms with Crippen molar-refractivity contribution in [3.05, 3.63) is 11.1 Å². The minimum atomic E-state index is -1.10. The third-order valence-electron chi connectivity index (χ3n) is 2.76. The molecule has 1 fully saturated rings. The molecule has 1 aliphatic heterocycles. The summed E-state index contributed by atoms with van der Waals surface area (Å²) in [6.45, 7) is 2.91. The van der Waals surface area contributed by atoms with E-state index < -0.39 is 12.2 Å². The van der Waals surface area contributed by atoms with Crippen molar-refractivity contribution in [2.45, 2.75) is 18.6 Å². The Morgan fingerprint density at radius 1 is 1.50 bits per heavy atom. The number of hydrogen-bond acceptors (Lipinski definition) is 7. The van der Waals surface area contributed by atoms with Gasteiger partial charge in [0.1, 0.15) is 6.10 Å². The molecule has 2 atom stereocenters. The summed E-state index contributed by atoms with van der Waals surface area (Å²) in [4.78, 5) is 6.39. The van der Waals surface area contributed by atoms with Crippen LogP contribution in [0.25, 0.3) is 0 Å². The molecule has 6 nitrogen and oxygen atoms in total. The third kappa shape index (κ3) is 2.97. The summed E-state index contributed by atoms with van der Waals surface area (Å²) in [6, 6.07) is 1.83. The quantitative estimate of drug-likeness (QED) is 0.816. The number of aromatic nitrogens is 1. The van der Waals surface area contributed by atoms with E-state index in [1.54, 1.807) is 5.38 Å². The van der Waals surface area contributed by atoms with Crippen LogP contribution in [-0.2, 0) is 4.74 Å². The standard InChI is InChI=1S/C11H15N3O3S/c12-2-1-9(15)10(16)8-7-18-11(13-8)14-3-5-17-6-4-14/h7,9-10,15-16H,1,3-6H2. The molecule has 1 aromatic heterocycles. The summed E-state index contributed by atoms with van der Waals surface area (Å²) < 4.78 is 5.26. The molecule has 7 heteroatoms. The second-order valence-corrected chi connectivity index (χ2v) is 4.87. The number of aliphatic hydroxyl groups is 2. The summed E-state index contributed by atoms with van der Waals surface area (Å²) >= 11 is 1.43. The van der Waals surface area contributed by atoms with Crippen LogP contribution in [-0.4, -0.2) is 47.6 Å². The van der Waals surface area contributed by atoms with Gasteiger partial charge >= 0.3 is 0 Å². The first-order chi connectivity index (χ1) is 8.72. The molecule has 0 aliphatic carbocycles. The largest absolute Gasteiger partial charge is 0.389 e. The number of ether oxygens (including phenoxy) is 1. The van der Waals surface area contributed by atoms with Crippen LogP contribution in [0.5, 0.6) is 0 Å². The summed E-state index contributed by atoms with van der Waals surface area (Å²) in [5.41, 5.74) is 0.421. The number of hydrogen-bond donors (Lipinski definition) is 2. The van der Waals surface area contributed by atoms with Crippen LogP contribution < -0.4 is 4.90 Å². The first-order valence-corrected chi connectivity index (χ1v) is 6.61. The van der Waals surface area contributed by atoms with Gasteiger partial charge in [-0.1, -0.05) is 0 Å². The first-order valence-electron chi connectivity index (χ1n) is 5.73. The second kappa shape index (κ2) is 6.11. The summed E-state index contributed by atoms with van der Waals surface area (Å²) in [7, 11) is 0. The fraction of sp³-hybridized carbons (Fsp3) is 0.636. The second-order valence-electron chi connectivity index (χ2n) is 4.03. The van der Waals surface area contributed by atoms with Crippen molar-refractivity contribution < 1.29 is 14.9 Å². The number of nitriles is 1. The minimum Gasteiger partial charge on any atom is -0.389 e. The van der Waals surface area contributed by atoms with Crippen molar-refractivity contribution in [2.24, 2.45) is 0 Å². The Morgan fingerprint density at radius 2 is 2.22 bits per heavy atom. The average Bonchev–Trinajstić information content (AvgIpc) is 2.89. The van der Waals surface area contributed by atoms with Gasteiger partial charge in [-0.05, 0) is 0 Å². The van der Waals surface area contributed by atoms with Crippen LogP contribution in [0.15, 0.2) is 5.38 Å². The number of thiazole rings is 1. The molecule has 0 amide bonds. The maximum atomic E-state index is 9.83. The van der Waals surface area contributed by atoms with Gasteiger partial charge in [-0.3, -0.25) is 0 Å². The SMILES string of the molecule is N#CCC(O)C(O)c1csc(N2CCOCC2)n1. The summed E-state index contributed by atoms with van der Waals surface area (Å²) in [5.74, 6) is 0. The number of aliphatic hydroxyl groups excluding tert-OH is 2. The molecule has 0 aromatic carbocycles. The van der Waals surface area contributed by atoms with Crippen molar-refractivity contribution in [1.29, 1.82) is 5.26 Å². The van der Waals surface area contributed by atoms with Crippen molar-refractivity contribution >= 4 is 16.5 Å². The minimum absolute atomic E-state index is 0.106. The lowest BCUT2D eigenvalue weighted by molar-refractivity contribution is 0.0194. The van der Waals surface area contributed by atoms with Crippen molar-refractivity contribution in [3.8, 4) is 6.07 Å². The van der Waals surface area contributed by atoms with E-state index in [0.717, 1.165) is 18.2 Å². The van der Waals surface area contributed by atoms with Crippen LogP contribution in [0.2, 0.25) is 0 Å². The lowest BCUT2D eigenvalue weighted by Crippen LogP contribution is -2.36. The Labute approximate surface area is 109 Å². The fourth-order valence-corrected chi connectivity index (χ4v) is 2.62. The smallest absolute Gasteiger partial charge is 0.185 e. The Kier molecular flexibility index (Phi) is 4.49. The highest BCUT2D eigenvalue weighted by Crippen LogP contribution is 2.26. The lowest BCUT2D eigenvalue weighted by atomic mass is 10.1. The van der Waals surface area contributed by atoms with Gasteiger partial charge in [0, 0.05) is 18.5 Å². The molecule has 98 valence electrons. The maximum Gasteiger partial charge on any atom is 0.185 e. The van der Waals surface area contributed by atoms with Gasteiger partial charge in [-0.2, -0.15) is 5.26 Å². The zero-order chi connectivity index (χ0) is 13.0. The Hall–Kier alpha value is -1.20. The normalized spacial score (nSPS) is 19.3. The average molecular weight is 269 g/mol. The van der Waals surface area contributed by atoms with Gasteiger partial charge in [-0.25, -0.2) is 4.98 Å². The Morgan fingerprint density at radius 3 is 2.89 bits per heavy atom. The van der Waals surface area contributed by atoms with Crippen LogP contribution in [0, 0.1) is 11.3 Å². The topological polar surface area (TPSA) is 89.6 Å². The lowest BCUT2D eigenvalue weighted by Gasteiger charge is -2.26. The van der Waals surface area contributed by atoms with E-state index >= 15 is 0 Å². The van der Waals surface area contributed by atoms with E-state index in [9.17, 15) is 10.2 Å². The molecule has 2 N–H and O–H groups in total. The molecule has 1 saturated heterocycles.